The van der Waals surface area contributed by atoms with Crippen molar-refractivity contribution in [3.05, 3.63) is 0 Å². The van der Waals surface area contributed by atoms with E-state index in [0.29, 0.717) is 0 Å². The molecule has 0 aromatic rings. The van der Waals surface area contributed by atoms with Crippen molar-refractivity contribution in [1.29, 1.82) is 0 Å². The monoisotopic (exact) mass is 297 g/mol. The lowest BCUT2D eigenvalue weighted by molar-refractivity contribution is -0.144. The molecule has 1 aliphatic heterocycles. The van der Waals surface area contributed by atoms with Crippen molar-refractivity contribution in [2.24, 2.45) is 0 Å². The average molecular weight is 297 g/mol. The first-order chi connectivity index (χ1) is 9.20. The second kappa shape index (κ2) is 6.44. The summed E-state index contributed by atoms with van der Waals surface area (Å²) in [5.74, 6) is -1.82. The third-order valence-electron chi connectivity index (χ3n) is 2.64. The fourth-order valence-electron chi connectivity index (χ4n) is 1.66. The summed E-state index contributed by atoms with van der Waals surface area (Å²) < 4.78 is 35.7. The summed E-state index contributed by atoms with van der Waals surface area (Å²) in [6.45, 7) is -0.922. The van der Waals surface area contributed by atoms with Gasteiger partial charge >= 0.3 is 18.2 Å². The zero-order valence-electron chi connectivity index (χ0n) is 10.4. The number of hydrogen-bond acceptors (Lipinski definition) is 3. The summed E-state index contributed by atoms with van der Waals surface area (Å²) in [4.78, 5) is 34.5. The topological polar surface area (TPSA) is 98.7 Å². The van der Waals surface area contributed by atoms with E-state index in [1.807, 2.05) is 0 Å². The van der Waals surface area contributed by atoms with E-state index in [2.05, 4.69) is 10.6 Å². The third-order valence-corrected chi connectivity index (χ3v) is 2.64. The smallest absolute Gasteiger partial charge is 0.389 e. The third kappa shape index (κ3) is 4.94. The molecule has 0 bridgehead atoms. The van der Waals surface area contributed by atoms with Crippen molar-refractivity contribution in [2.75, 3.05) is 19.6 Å². The van der Waals surface area contributed by atoms with Crippen molar-refractivity contribution in [3.8, 4) is 0 Å². The van der Waals surface area contributed by atoms with Gasteiger partial charge in [-0.05, 0) is 6.42 Å². The second-order valence-corrected chi connectivity index (χ2v) is 4.24. The maximum Gasteiger partial charge on any atom is 0.389 e. The van der Waals surface area contributed by atoms with E-state index in [9.17, 15) is 27.6 Å². The summed E-state index contributed by atoms with van der Waals surface area (Å²) in [6.07, 6.45) is -5.66. The minimum absolute atomic E-state index is 0.232. The molecular weight excluding hydrogens is 283 g/mol. The van der Waals surface area contributed by atoms with Crippen molar-refractivity contribution >= 4 is 17.9 Å². The zero-order chi connectivity index (χ0) is 15.3. The van der Waals surface area contributed by atoms with Gasteiger partial charge in [0.15, 0.2) is 0 Å². The summed E-state index contributed by atoms with van der Waals surface area (Å²) in [5.41, 5.74) is 0. The van der Waals surface area contributed by atoms with E-state index in [1.165, 1.54) is 0 Å². The van der Waals surface area contributed by atoms with E-state index in [0.717, 1.165) is 4.90 Å². The Kier molecular flexibility index (Phi) is 5.17. The molecule has 0 spiro atoms. The molecule has 0 aromatic heterocycles. The quantitative estimate of drug-likeness (QED) is 0.632. The van der Waals surface area contributed by atoms with Crippen molar-refractivity contribution in [3.63, 3.8) is 0 Å². The number of nitrogens with one attached hydrogen (secondary N) is 2. The molecule has 1 saturated heterocycles. The van der Waals surface area contributed by atoms with Crippen LogP contribution in [-0.4, -0.2) is 59.8 Å². The predicted molar refractivity (Wildman–Crippen MR) is 59.8 cm³/mol. The van der Waals surface area contributed by atoms with E-state index < -0.39 is 43.1 Å². The van der Waals surface area contributed by atoms with Crippen molar-refractivity contribution in [2.45, 2.75) is 25.1 Å². The summed E-state index contributed by atoms with van der Waals surface area (Å²) in [6, 6.07) is -2.09. The first-order valence-corrected chi connectivity index (χ1v) is 5.81. The lowest BCUT2D eigenvalue weighted by Crippen LogP contribution is -2.61. The Balaban J connectivity index is 2.47. The molecule has 0 radical (unpaired) electrons. The van der Waals surface area contributed by atoms with Crippen LogP contribution in [0.1, 0.15) is 12.8 Å². The summed E-state index contributed by atoms with van der Waals surface area (Å²) in [7, 11) is 0. The molecule has 3 amide bonds. The van der Waals surface area contributed by atoms with Crippen LogP contribution in [0.15, 0.2) is 0 Å². The van der Waals surface area contributed by atoms with Gasteiger partial charge in [-0.15, -0.1) is 0 Å². The maximum atomic E-state index is 11.9. The van der Waals surface area contributed by atoms with Crippen LogP contribution in [0, 0.1) is 0 Å². The highest BCUT2D eigenvalue weighted by atomic mass is 19.4. The Hall–Kier alpha value is -2.00. The number of alkyl halides is 3. The number of rotatable bonds is 4. The lowest BCUT2D eigenvalue weighted by atomic mass is 10.2. The molecule has 7 nitrogen and oxygen atoms in total. The standard InChI is InChI=1S/C10H14F3N3O4/c11-10(12,13)2-1-3-14-9(20)16-5-7(17)15-4-6(16)8(18)19/h6H,1-5H2,(H,14,20)(H,15,17)(H,18,19). The van der Waals surface area contributed by atoms with Gasteiger partial charge < -0.3 is 15.7 Å². The number of carboxylic acids is 1. The number of piperazine rings is 1. The normalized spacial score (nSPS) is 19.4. The minimum Gasteiger partial charge on any atom is -0.480 e. The SMILES string of the molecule is O=C1CN(C(=O)NCCCC(F)(F)F)C(C(=O)O)CN1. The minimum atomic E-state index is -4.31. The highest BCUT2D eigenvalue weighted by Gasteiger charge is 2.35. The second-order valence-electron chi connectivity index (χ2n) is 4.24. The van der Waals surface area contributed by atoms with Crippen LogP contribution in [0.4, 0.5) is 18.0 Å². The van der Waals surface area contributed by atoms with Crippen LogP contribution in [0.5, 0.6) is 0 Å². The molecule has 20 heavy (non-hydrogen) atoms. The number of halogens is 3. The molecule has 1 aliphatic rings. The first-order valence-electron chi connectivity index (χ1n) is 5.81. The van der Waals surface area contributed by atoms with Gasteiger partial charge in [0.05, 0.1) is 0 Å². The van der Waals surface area contributed by atoms with Gasteiger partial charge in [0.25, 0.3) is 0 Å². The Morgan fingerprint density at radius 2 is 2.10 bits per heavy atom. The van der Waals surface area contributed by atoms with Gasteiger partial charge in [-0.3, -0.25) is 9.69 Å². The highest BCUT2D eigenvalue weighted by Crippen LogP contribution is 2.20. The molecule has 10 heteroatoms. The Morgan fingerprint density at radius 1 is 1.45 bits per heavy atom. The van der Waals surface area contributed by atoms with Crippen LogP contribution >= 0.6 is 0 Å². The number of carboxylic acid groups (broad SMARTS) is 1. The fourth-order valence-corrected chi connectivity index (χ4v) is 1.66. The Labute approximate surface area is 112 Å². The van der Waals surface area contributed by atoms with Gasteiger partial charge in [0.1, 0.15) is 12.6 Å². The molecule has 1 rings (SSSR count). The van der Waals surface area contributed by atoms with Gasteiger partial charge in [0.2, 0.25) is 5.91 Å². The van der Waals surface area contributed by atoms with Crippen molar-refractivity contribution in [1.82, 2.24) is 15.5 Å². The molecule has 1 unspecified atom stereocenters. The predicted octanol–water partition coefficient (Wildman–Crippen LogP) is -0.0765. The van der Waals surface area contributed by atoms with Gasteiger partial charge in [0, 0.05) is 19.5 Å². The number of aliphatic carboxylic acids is 1. The Bertz CT molecular complexity index is 400. The van der Waals surface area contributed by atoms with E-state index >= 15 is 0 Å². The molecule has 1 fully saturated rings. The molecule has 1 atom stereocenters. The number of amides is 3. The van der Waals surface area contributed by atoms with Gasteiger partial charge in [-0.1, -0.05) is 0 Å². The largest absolute Gasteiger partial charge is 0.480 e. The molecule has 0 saturated carbocycles. The van der Waals surface area contributed by atoms with Crippen LogP contribution in [0.3, 0.4) is 0 Å². The molecule has 0 aromatic carbocycles. The molecule has 114 valence electrons. The number of carbonyl (C=O) groups excluding carboxylic acids is 2. The van der Waals surface area contributed by atoms with E-state index in [-0.39, 0.29) is 19.5 Å². The van der Waals surface area contributed by atoms with E-state index in [1.54, 1.807) is 0 Å². The molecule has 1 heterocycles. The van der Waals surface area contributed by atoms with Gasteiger partial charge in [-0.2, -0.15) is 13.2 Å². The summed E-state index contributed by atoms with van der Waals surface area (Å²) in [5, 5.41) is 13.4. The van der Waals surface area contributed by atoms with Crippen LogP contribution < -0.4 is 10.6 Å². The highest BCUT2D eigenvalue weighted by molar-refractivity contribution is 5.90. The maximum absolute atomic E-state index is 11.9. The fraction of sp³-hybridized carbons (Fsp3) is 0.700. The number of hydrogen-bond donors (Lipinski definition) is 3. The zero-order valence-corrected chi connectivity index (χ0v) is 10.4. The van der Waals surface area contributed by atoms with Crippen molar-refractivity contribution < 1.29 is 32.7 Å². The Morgan fingerprint density at radius 3 is 2.65 bits per heavy atom. The molecule has 3 N–H and O–H groups in total. The van der Waals surface area contributed by atoms with Gasteiger partial charge in [-0.25, -0.2) is 9.59 Å². The lowest BCUT2D eigenvalue weighted by Gasteiger charge is -2.32. The first kappa shape index (κ1) is 16.1. The molecular formula is C10H14F3N3O4. The average Bonchev–Trinajstić information content (AvgIpc) is 2.32. The van der Waals surface area contributed by atoms with Crippen LogP contribution in [0.2, 0.25) is 0 Å². The number of carbonyl (C=O) groups is 3. The van der Waals surface area contributed by atoms with E-state index in [4.69, 9.17) is 5.11 Å². The number of urea groups is 1. The molecule has 0 aliphatic carbocycles. The summed E-state index contributed by atoms with van der Waals surface area (Å²) >= 11 is 0. The number of nitrogens with zero attached hydrogens (tertiary/aromatic N) is 1. The van der Waals surface area contributed by atoms with Crippen LogP contribution in [-0.2, 0) is 9.59 Å². The van der Waals surface area contributed by atoms with Crippen LogP contribution in [0.25, 0.3) is 0 Å².